The standard InChI is InChI=1S/C14H15N5O/c1-10-13(9-18-19-10)8-17-14(20)12-5-11(3-2-4-15)6-16-7-12/h5-7,9H,4,8,15H2,1H3,(H,17,20)(H,18,19). The number of hydrogen-bond donors (Lipinski definition) is 3. The lowest BCUT2D eigenvalue weighted by atomic mass is 10.2. The summed E-state index contributed by atoms with van der Waals surface area (Å²) >= 11 is 0. The van der Waals surface area contributed by atoms with Crippen molar-refractivity contribution in [2.45, 2.75) is 13.5 Å². The van der Waals surface area contributed by atoms with Gasteiger partial charge in [-0.05, 0) is 13.0 Å². The van der Waals surface area contributed by atoms with Crippen LogP contribution in [0.5, 0.6) is 0 Å². The van der Waals surface area contributed by atoms with E-state index in [1.165, 1.54) is 6.20 Å². The van der Waals surface area contributed by atoms with Crippen molar-refractivity contribution in [3.63, 3.8) is 0 Å². The Labute approximate surface area is 116 Å². The second-order valence-corrected chi connectivity index (χ2v) is 4.17. The molecule has 0 aliphatic carbocycles. The molecule has 2 rings (SSSR count). The third-order valence-corrected chi connectivity index (χ3v) is 2.71. The maximum atomic E-state index is 12.0. The Hall–Kier alpha value is -2.65. The molecule has 0 saturated heterocycles. The molecule has 0 fully saturated rings. The van der Waals surface area contributed by atoms with E-state index >= 15 is 0 Å². The number of amides is 1. The van der Waals surface area contributed by atoms with Crippen LogP contribution in [-0.2, 0) is 6.54 Å². The first-order valence-electron chi connectivity index (χ1n) is 6.11. The average Bonchev–Trinajstić information content (AvgIpc) is 2.88. The van der Waals surface area contributed by atoms with E-state index in [-0.39, 0.29) is 12.5 Å². The molecule has 0 aliphatic rings. The van der Waals surface area contributed by atoms with E-state index in [1.54, 1.807) is 18.5 Å². The molecule has 2 heterocycles. The van der Waals surface area contributed by atoms with Crippen molar-refractivity contribution in [3.8, 4) is 11.8 Å². The van der Waals surface area contributed by atoms with E-state index in [4.69, 9.17) is 5.73 Å². The summed E-state index contributed by atoms with van der Waals surface area (Å²) in [6.45, 7) is 2.59. The van der Waals surface area contributed by atoms with Crippen LogP contribution in [0.4, 0.5) is 0 Å². The smallest absolute Gasteiger partial charge is 0.253 e. The molecule has 0 aromatic carbocycles. The van der Waals surface area contributed by atoms with Crippen LogP contribution in [0.1, 0.15) is 27.2 Å². The van der Waals surface area contributed by atoms with Gasteiger partial charge in [-0.15, -0.1) is 0 Å². The van der Waals surface area contributed by atoms with Crippen molar-refractivity contribution in [1.29, 1.82) is 0 Å². The summed E-state index contributed by atoms with van der Waals surface area (Å²) in [5, 5.41) is 9.54. The minimum Gasteiger partial charge on any atom is -0.348 e. The molecule has 4 N–H and O–H groups in total. The van der Waals surface area contributed by atoms with Crippen LogP contribution < -0.4 is 11.1 Å². The minimum absolute atomic E-state index is 0.200. The number of pyridine rings is 1. The number of rotatable bonds is 3. The van der Waals surface area contributed by atoms with Crippen LogP contribution in [0.3, 0.4) is 0 Å². The minimum atomic E-state index is -0.200. The molecule has 2 aromatic rings. The second kappa shape index (κ2) is 6.50. The molecule has 0 atom stereocenters. The number of nitrogens with two attached hydrogens (primary N) is 1. The summed E-state index contributed by atoms with van der Waals surface area (Å²) in [6.07, 6.45) is 4.79. The maximum absolute atomic E-state index is 12.0. The van der Waals surface area contributed by atoms with Gasteiger partial charge in [0.1, 0.15) is 0 Å². The predicted molar refractivity (Wildman–Crippen MR) is 74.7 cm³/mol. The lowest BCUT2D eigenvalue weighted by molar-refractivity contribution is 0.0950. The lowest BCUT2D eigenvalue weighted by Gasteiger charge is -2.04. The number of H-pyrrole nitrogens is 1. The zero-order chi connectivity index (χ0) is 14.4. The van der Waals surface area contributed by atoms with Gasteiger partial charge in [-0.25, -0.2) is 0 Å². The van der Waals surface area contributed by atoms with Crippen molar-refractivity contribution in [3.05, 3.63) is 47.0 Å². The number of nitrogens with zero attached hydrogens (tertiary/aromatic N) is 2. The van der Waals surface area contributed by atoms with Crippen LogP contribution >= 0.6 is 0 Å². The number of aromatic amines is 1. The molecular weight excluding hydrogens is 254 g/mol. The van der Waals surface area contributed by atoms with E-state index in [0.29, 0.717) is 17.7 Å². The van der Waals surface area contributed by atoms with Crippen LogP contribution in [0.2, 0.25) is 0 Å². The maximum Gasteiger partial charge on any atom is 0.253 e. The number of hydrogen-bond acceptors (Lipinski definition) is 4. The first-order valence-corrected chi connectivity index (χ1v) is 6.11. The van der Waals surface area contributed by atoms with Gasteiger partial charge in [-0.3, -0.25) is 14.9 Å². The highest BCUT2D eigenvalue weighted by molar-refractivity contribution is 5.94. The molecule has 0 bridgehead atoms. The quantitative estimate of drug-likeness (QED) is 0.701. The molecule has 2 aromatic heterocycles. The highest BCUT2D eigenvalue weighted by atomic mass is 16.1. The topological polar surface area (TPSA) is 96.7 Å². The summed E-state index contributed by atoms with van der Waals surface area (Å²) < 4.78 is 0. The van der Waals surface area contributed by atoms with Gasteiger partial charge < -0.3 is 11.1 Å². The Balaban J connectivity index is 2.04. The van der Waals surface area contributed by atoms with Gasteiger partial charge in [0.2, 0.25) is 0 Å². The first-order chi connectivity index (χ1) is 9.70. The monoisotopic (exact) mass is 269 g/mol. The van der Waals surface area contributed by atoms with Crippen molar-refractivity contribution in [2.75, 3.05) is 6.54 Å². The Morgan fingerprint density at radius 1 is 1.45 bits per heavy atom. The number of aryl methyl sites for hydroxylation is 1. The highest BCUT2D eigenvalue weighted by Crippen LogP contribution is 2.04. The van der Waals surface area contributed by atoms with Gasteiger partial charge in [-0.1, -0.05) is 11.8 Å². The largest absolute Gasteiger partial charge is 0.348 e. The second-order valence-electron chi connectivity index (χ2n) is 4.17. The zero-order valence-corrected chi connectivity index (χ0v) is 11.1. The predicted octanol–water partition coefficient (Wildman–Crippen LogP) is 0.353. The van der Waals surface area contributed by atoms with Gasteiger partial charge in [0.05, 0.1) is 18.3 Å². The summed E-state index contributed by atoms with van der Waals surface area (Å²) in [7, 11) is 0. The lowest BCUT2D eigenvalue weighted by Crippen LogP contribution is -2.23. The fraction of sp³-hybridized carbons (Fsp3) is 0.214. The molecule has 0 aliphatic heterocycles. The van der Waals surface area contributed by atoms with Gasteiger partial charge >= 0.3 is 0 Å². The van der Waals surface area contributed by atoms with Crippen molar-refractivity contribution in [1.82, 2.24) is 20.5 Å². The number of nitrogens with one attached hydrogen (secondary N) is 2. The third-order valence-electron chi connectivity index (χ3n) is 2.71. The van der Waals surface area contributed by atoms with Gasteiger partial charge in [0, 0.05) is 35.8 Å². The molecular formula is C14H15N5O. The zero-order valence-electron chi connectivity index (χ0n) is 11.1. The molecule has 0 radical (unpaired) electrons. The van der Waals surface area contributed by atoms with Crippen molar-refractivity contribution in [2.24, 2.45) is 5.73 Å². The van der Waals surface area contributed by atoms with Gasteiger partial charge in [0.15, 0.2) is 0 Å². The molecule has 1 amide bonds. The molecule has 0 spiro atoms. The summed E-state index contributed by atoms with van der Waals surface area (Å²) in [4.78, 5) is 16.0. The molecule has 102 valence electrons. The summed E-state index contributed by atoms with van der Waals surface area (Å²) in [5.41, 5.74) is 8.33. The Morgan fingerprint density at radius 3 is 3.00 bits per heavy atom. The van der Waals surface area contributed by atoms with E-state index in [0.717, 1.165) is 11.3 Å². The fourth-order valence-corrected chi connectivity index (χ4v) is 1.62. The van der Waals surface area contributed by atoms with Crippen LogP contribution in [0.25, 0.3) is 0 Å². The van der Waals surface area contributed by atoms with Crippen LogP contribution in [0, 0.1) is 18.8 Å². The van der Waals surface area contributed by atoms with E-state index in [2.05, 4.69) is 32.3 Å². The molecule has 0 unspecified atom stereocenters. The number of aromatic nitrogens is 3. The molecule has 6 nitrogen and oxygen atoms in total. The fourth-order valence-electron chi connectivity index (χ4n) is 1.62. The van der Waals surface area contributed by atoms with Crippen LogP contribution in [0.15, 0.2) is 24.7 Å². The van der Waals surface area contributed by atoms with Crippen LogP contribution in [-0.4, -0.2) is 27.6 Å². The van der Waals surface area contributed by atoms with Crippen molar-refractivity contribution < 1.29 is 4.79 Å². The SMILES string of the molecule is Cc1[nH]ncc1CNC(=O)c1cncc(C#CCN)c1. The Kier molecular flexibility index (Phi) is 4.47. The molecule has 0 saturated carbocycles. The summed E-state index contributed by atoms with van der Waals surface area (Å²) in [5.74, 6) is 5.37. The molecule has 20 heavy (non-hydrogen) atoms. The van der Waals surface area contributed by atoms with Gasteiger partial charge in [-0.2, -0.15) is 5.10 Å². The Morgan fingerprint density at radius 2 is 2.30 bits per heavy atom. The Bertz CT molecular complexity index is 665. The van der Waals surface area contributed by atoms with E-state index in [1.807, 2.05) is 6.92 Å². The van der Waals surface area contributed by atoms with Gasteiger partial charge in [0.25, 0.3) is 5.91 Å². The number of carbonyl (C=O) groups excluding carboxylic acids is 1. The average molecular weight is 269 g/mol. The first kappa shape index (κ1) is 13.8. The normalized spacial score (nSPS) is 9.70. The van der Waals surface area contributed by atoms with Crippen molar-refractivity contribution >= 4 is 5.91 Å². The third kappa shape index (κ3) is 3.43. The van der Waals surface area contributed by atoms with E-state index in [9.17, 15) is 4.79 Å². The summed E-state index contributed by atoms with van der Waals surface area (Å²) in [6, 6.07) is 1.69. The number of carbonyl (C=O) groups is 1. The molecule has 6 heteroatoms. The highest BCUT2D eigenvalue weighted by Gasteiger charge is 2.07. The van der Waals surface area contributed by atoms with E-state index < -0.39 is 0 Å².